The maximum Gasteiger partial charge on any atom is 0.247 e. The van der Waals surface area contributed by atoms with Crippen LogP contribution in [0.3, 0.4) is 0 Å². The molecule has 0 aliphatic carbocycles. The van der Waals surface area contributed by atoms with Gasteiger partial charge >= 0.3 is 0 Å². The first-order chi connectivity index (χ1) is 7.97. The molecule has 0 saturated carbocycles. The van der Waals surface area contributed by atoms with E-state index in [0.29, 0.717) is 0 Å². The second-order valence-electron chi connectivity index (χ2n) is 3.90. The van der Waals surface area contributed by atoms with Gasteiger partial charge in [0.25, 0.3) is 0 Å². The first kappa shape index (κ1) is 13.5. The third-order valence-corrected chi connectivity index (χ3v) is 2.46. The van der Waals surface area contributed by atoms with Crippen LogP contribution in [0, 0.1) is 5.92 Å². The van der Waals surface area contributed by atoms with Gasteiger partial charge in [0.2, 0.25) is 11.8 Å². The first-order valence-corrected chi connectivity index (χ1v) is 5.68. The summed E-state index contributed by atoms with van der Waals surface area (Å²) in [5, 5.41) is 2.60. The molecule has 1 fully saturated rings. The zero-order valence-electron chi connectivity index (χ0n) is 9.84. The SMILES string of the molecule is C=CCN1C(=O)C(C=NC(C)C)C(=O)NC1=S. The zero-order chi connectivity index (χ0) is 13.0. The van der Waals surface area contributed by atoms with Crippen LogP contribution in [0.1, 0.15) is 13.8 Å². The normalized spacial score (nSPS) is 21.2. The highest BCUT2D eigenvalue weighted by Crippen LogP contribution is 2.09. The van der Waals surface area contributed by atoms with Gasteiger partial charge in [-0.1, -0.05) is 6.08 Å². The molecule has 1 saturated heterocycles. The number of rotatable bonds is 4. The van der Waals surface area contributed by atoms with Crippen molar-refractivity contribution in [3.8, 4) is 0 Å². The Bertz CT molecular complexity index is 390. The average molecular weight is 253 g/mol. The Morgan fingerprint density at radius 3 is 2.76 bits per heavy atom. The van der Waals surface area contributed by atoms with Crippen molar-refractivity contribution in [2.45, 2.75) is 19.9 Å². The molecule has 0 aromatic rings. The summed E-state index contributed by atoms with van der Waals surface area (Å²) in [6.07, 6.45) is 2.93. The predicted molar refractivity (Wildman–Crippen MR) is 69.8 cm³/mol. The smallest absolute Gasteiger partial charge is 0.247 e. The van der Waals surface area contributed by atoms with Crippen molar-refractivity contribution in [3.63, 3.8) is 0 Å². The number of nitrogens with one attached hydrogen (secondary N) is 1. The van der Waals surface area contributed by atoms with Crippen LogP contribution in [-0.4, -0.2) is 40.6 Å². The number of nitrogens with zero attached hydrogens (tertiary/aromatic N) is 2. The lowest BCUT2D eigenvalue weighted by molar-refractivity contribution is -0.137. The Balaban J connectivity index is 2.90. The standard InChI is InChI=1S/C11H15N3O2S/c1-4-5-14-10(16)8(6-12-7(2)3)9(15)13-11(14)17/h4,6-8H,1,5H2,2-3H3,(H,13,15,17). The lowest BCUT2D eigenvalue weighted by Gasteiger charge is -2.30. The van der Waals surface area contributed by atoms with Crippen molar-refractivity contribution >= 4 is 35.4 Å². The molecule has 6 heteroatoms. The minimum absolute atomic E-state index is 0.0392. The van der Waals surface area contributed by atoms with E-state index in [0.717, 1.165) is 0 Å². The number of carbonyl (C=O) groups is 2. The number of thiocarbonyl (C=S) groups is 1. The largest absolute Gasteiger partial charge is 0.302 e. The van der Waals surface area contributed by atoms with Gasteiger partial charge in [0.1, 0.15) is 0 Å². The lowest BCUT2D eigenvalue weighted by Crippen LogP contribution is -2.58. The van der Waals surface area contributed by atoms with Gasteiger partial charge in [-0.2, -0.15) is 0 Å². The molecule has 0 aromatic heterocycles. The molecule has 17 heavy (non-hydrogen) atoms. The van der Waals surface area contributed by atoms with Gasteiger partial charge in [0.15, 0.2) is 11.0 Å². The third-order valence-electron chi connectivity index (χ3n) is 2.13. The molecule has 1 N–H and O–H groups in total. The van der Waals surface area contributed by atoms with Crippen molar-refractivity contribution < 1.29 is 9.59 Å². The predicted octanol–water partition coefficient (Wildman–Crippen LogP) is 0.511. The summed E-state index contributed by atoms with van der Waals surface area (Å²) in [5.74, 6) is -1.68. The molecule has 0 radical (unpaired) electrons. The first-order valence-electron chi connectivity index (χ1n) is 5.27. The molecule has 2 amide bonds. The van der Waals surface area contributed by atoms with Crippen molar-refractivity contribution in [1.82, 2.24) is 10.2 Å². The Hall–Kier alpha value is -1.56. The second kappa shape index (κ2) is 5.67. The number of hydrogen-bond acceptors (Lipinski definition) is 4. The van der Waals surface area contributed by atoms with Gasteiger partial charge in [0, 0.05) is 18.8 Å². The second-order valence-corrected chi connectivity index (χ2v) is 4.29. The number of aliphatic imine (C=N–C) groups is 1. The Morgan fingerprint density at radius 2 is 2.24 bits per heavy atom. The molecule has 1 atom stereocenters. The fraction of sp³-hybridized carbons (Fsp3) is 0.455. The molecule has 1 rings (SSSR count). The average Bonchev–Trinajstić information content (AvgIpc) is 2.23. The maximum atomic E-state index is 12.0. The summed E-state index contributed by atoms with van der Waals surface area (Å²) in [7, 11) is 0. The van der Waals surface area contributed by atoms with Crippen molar-refractivity contribution in [1.29, 1.82) is 0 Å². The van der Waals surface area contributed by atoms with E-state index in [9.17, 15) is 9.59 Å². The summed E-state index contributed by atoms with van der Waals surface area (Å²) in [5.41, 5.74) is 0. The highest BCUT2D eigenvalue weighted by atomic mass is 32.1. The molecule has 1 heterocycles. The minimum atomic E-state index is -0.899. The van der Waals surface area contributed by atoms with E-state index in [2.05, 4.69) is 16.9 Å². The summed E-state index contributed by atoms with van der Waals surface area (Å²) in [6.45, 7) is 7.56. The van der Waals surface area contributed by atoms with E-state index >= 15 is 0 Å². The Kier molecular flexibility index (Phi) is 4.51. The summed E-state index contributed by atoms with van der Waals surface area (Å²) < 4.78 is 0. The third kappa shape index (κ3) is 3.20. The van der Waals surface area contributed by atoms with Crippen LogP contribution < -0.4 is 5.32 Å². The van der Waals surface area contributed by atoms with Gasteiger partial charge in [0.05, 0.1) is 0 Å². The molecular formula is C11H15N3O2S. The Morgan fingerprint density at radius 1 is 1.59 bits per heavy atom. The van der Waals surface area contributed by atoms with E-state index in [4.69, 9.17) is 12.2 Å². The fourth-order valence-electron chi connectivity index (χ4n) is 1.32. The quantitative estimate of drug-likeness (QED) is 0.344. The van der Waals surface area contributed by atoms with Gasteiger partial charge in [-0.3, -0.25) is 19.5 Å². The van der Waals surface area contributed by atoms with Crippen LogP contribution in [0.15, 0.2) is 17.6 Å². The number of hydrogen-bond donors (Lipinski definition) is 1. The van der Waals surface area contributed by atoms with Crippen LogP contribution in [0.25, 0.3) is 0 Å². The molecule has 5 nitrogen and oxygen atoms in total. The molecule has 1 unspecified atom stereocenters. The van der Waals surface area contributed by atoms with Crippen LogP contribution in [0.4, 0.5) is 0 Å². The van der Waals surface area contributed by atoms with Crippen LogP contribution in [-0.2, 0) is 9.59 Å². The Labute approximate surface area is 106 Å². The van der Waals surface area contributed by atoms with E-state index in [1.165, 1.54) is 11.1 Å². The van der Waals surface area contributed by atoms with Crippen molar-refractivity contribution in [2.75, 3.05) is 6.54 Å². The molecule has 0 aromatic carbocycles. The molecular weight excluding hydrogens is 238 g/mol. The molecule has 1 aliphatic heterocycles. The fourth-order valence-corrected chi connectivity index (χ4v) is 1.59. The van der Waals surface area contributed by atoms with E-state index < -0.39 is 11.8 Å². The van der Waals surface area contributed by atoms with Crippen molar-refractivity contribution in [2.24, 2.45) is 10.9 Å². The van der Waals surface area contributed by atoms with Gasteiger partial charge in [-0.15, -0.1) is 6.58 Å². The van der Waals surface area contributed by atoms with E-state index in [-0.39, 0.29) is 23.6 Å². The summed E-state index contributed by atoms with van der Waals surface area (Å²) in [6, 6.07) is 0.0392. The van der Waals surface area contributed by atoms with Crippen LogP contribution in [0.5, 0.6) is 0 Å². The van der Waals surface area contributed by atoms with Crippen LogP contribution >= 0.6 is 12.2 Å². The van der Waals surface area contributed by atoms with Gasteiger partial charge in [-0.25, -0.2) is 0 Å². The topological polar surface area (TPSA) is 61.8 Å². The molecule has 0 spiro atoms. The molecule has 0 bridgehead atoms. The highest BCUT2D eigenvalue weighted by molar-refractivity contribution is 7.80. The summed E-state index contributed by atoms with van der Waals surface area (Å²) >= 11 is 4.92. The maximum absolute atomic E-state index is 12.0. The van der Waals surface area contributed by atoms with Gasteiger partial charge in [-0.05, 0) is 26.1 Å². The van der Waals surface area contributed by atoms with E-state index in [1.54, 1.807) is 6.08 Å². The van der Waals surface area contributed by atoms with Crippen LogP contribution in [0.2, 0.25) is 0 Å². The van der Waals surface area contributed by atoms with Crippen molar-refractivity contribution in [3.05, 3.63) is 12.7 Å². The van der Waals surface area contributed by atoms with E-state index in [1.807, 2.05) is 13.8 Å². The monoisotopic (exact) mass is 253 g/mol. The highest BCUT2D eigenvalue weighted by Gasteiger charge is 2.36. The zero-order valence-corrected chi connectivity index (χ0v) is 10.7. The molecule has 92 valence electrons. The lowest BCUT2D eigenvalue weighted by atomic mass is 10.1. The number of amides is 2. The summed E-state index contributed by atoms with van der Waals surface area (Å²) in [4.78, 5) is 29.0. The molecule has 1 aliphatic rings. The minimum Gasteiger partial charge on any atom is -0.302 e. The number of carbonyl (C=O) groups excluding carboxylic acids is 2. The van der Waals surface area contributed by atoms with Gasteiger partial charge < -0.3 is 5.32 Å².